The highest BCUT2D eigenvalue weighted by Gasteiger charge is 2.65. The molecule has 22 heavy (non-hydrogen) atoms. The van der Waals surface area contributed by atoms with Crippen LogP contribution in [0, 0.1) is 29.1 Å². The van der Waals surface area contributed by atoms with Crippen LogP contribution in [0.3, 0.4) is 0 Å². The van der Waals surface area contributed by atoms with Gasteiger partial charge >= 0.3 is 11.9 Å². The number of methoxy groups -OCH3 is 2. The number of carbonyl (C=O) groups excluding carboxylic acids is 3. The third kappa shape index (κ3) is 2.07. The lowest BCUT2D eigenvalue weighted by Gasteiger charge is -2.31. The number of hydrogen-bond acceptors (Lipinski definition) is 6. The lowest BCUT2D eigenvalue weighted by molar-refractivity contribution is -0.157. The smallest absolute Gasteiger partial charge is 0.312 e. The molecule has 1 aliphatic carbocycles. The zero-order valence-corrected chi connectivity index (χ0v) is 13.3. The Morgan fingerprint density at radius 3 is 2.27 bits per heavy atom. The third-order valence-corrected chi connectivity index (χ3v) is 5.46. The number of rotatable bonds is 2. The molecule has 3 rings (SSSR count). The highest BCUT2D eigenvalue weighted by Crippen LogP contribution is 2.56. The first-order valence-electron chi connectivity index (χ1n) is 7.65. The standard InChI is InChI=1S/C16H22O6/c1-16(2)5-7-8(6-16)12-9(14(18)20-3)10(15(19)21-4)13(22-12)11(7)17/h7-10,12-13H,5-6H2,1-4H3/t7-,8+,9+,10-,12-,13-/m0/s1. The SMILES string of the molecule is COC(=O)[C@H]1[C@H]2O[C@H](C(=O)[C@H]3CC(C)(C)C[C@@H]23)[C@H]1C(=O)OC. The average Bonchev–Trinajstić information content (AvgIpc) is 3.00. The summed E-state index contributed by atoms with van der Waals surface area (Å²) in [5, 5.41) is 0. The van der Waals surface area contributed by atoms with E-state index in [-0.39, 0.29) is 23.0 Å². The minimum Gasteiger partial charge on any atom is -0.469 e. The van der Waals surface area contributed by atoms with Gasteiger partial charge in [-0.25, -0.2) is 0 Å². The van der Waals surface area contributed by atoms with E-state index in [2.05, 4.69) is 13.8 Å². The maximum absolute atomic E-state index is 12.8. The van der Waals surface area contributed by atoms with Crippen molar-refractivity contribution in [2.45, 2.75) is 38.9 Å². The highest BCUT2D eigenvalue weighted by atomic mass is 16.6. The molecule has 6 atom stereocenters. The zero-order valence-electron chi connectivity index (χ0n) is 13.3. The van der Waals surface area contributed by atoms with Crippen LogP contribution in [0.5, 0.6) is 0 Å². The van der Waals surface area contributed by atoms with E-state index in [0.29, 0.717) is 0 Å². The minimum absolute atomic E-state index is 0.0301. The second-order valence-electron chi connectivity index (χ2n) is 7.36. The Kier molecular flexibility index (Phi) is 3.55. The molecule has 2 bridgehead atoms. The van der Waals surface area contributed by atoms with Gasteiger partial charge in [0, 0.05) is 5.92 Å². The molecule has 0 aromatic heterocycles. The van der Waals surface area contributed by atoms with E-state index in [4.69, 9.17) is 14.2 Å². The van der Waals surface area contributed by atoms with Crippen LogP contribution in [0.25, 0.3) is 0 Å². The number of ketones is 1. The van der Waals surface area contributed by atoms with Gasteiger partial charge in [-0.3, -0.25) is 14.4 Å². The lowest BCUT2D eigenvalue weighted by Crippen LogP contribution is -2.42. The van der Waals surface area contributed by atoms with Crippen molar-refractivity contribution in [3.63, 3.8) is 0 Å². The third-order valence-electron chi connectivity index (χ3n) is 5.46. The maximum atomic E-state index is 12.8. The summed E-state index contributed by atoms with van der Waals surface area (Å²) in [4.78, 5) is 37.1. The van der Waals surface area contributed by atoms with Gasteiger partial charge in [0.05, 0.1) is 26.2 Å². The van der Waals surface area contributed by atoms with Gasteiger partial charge in [-0.05, 0) is 24.2 Å². The second kappa shape index (κ2) is 5.05. The monoisotopic (exact) mass is 310 g/mol. The summed E-state index contributed by atoms with van der Waals surface area (Å²) in [5.41, 5.74) is 0.0419. The van der Waals surface area contributed by atoms with Gasteiger partial charge in [-0.15, -0.1) is 0 Å². The van der Waals surface area contributed by atoms with E-state index in [1.165, 1.54) is 14.2 Å². The number of esters is 2. The zero-order chi connectivity index (χ0) is 16.2. The van der Waals surface area contributed by atoms with Crippen LogP contribution >= 0.6 is 0 Å². The summed E-state index contributed by atoms with van der Waals surface area (Å²) in [7, 11) is 2.55. The van der Waals surface area contributed by atoms with Crippen LogP contribution in [0.15, 0.2) is 0 Å². The second-order valence-corrected chi connectivity index (χ2v) is 7.36. The van der Waals surface area contributed by atoms with E-state index in [0.717, 1.165) is 12.8 Å². The molecule has 1 saturated carbocycles. The van der Waals surface area contributed by atoms with Crippen LogP contribution in [-0.2, 0) is 28.6 Å². The first-order valence-corrected chi connectivity index (χ1v) is 7.65. The Morgan fingerprint density at radius 2 is 1.68 bits per heavy atom. The lowest BCUT2D eigenvalue weighted by atomic mass is 9.82. The van der Waals surface area contributed by atoms with E-state index < -0.39 is 36.0 Å². The van der Waals surface area contributed by atoms with Crippen LogP contribution in [0.4, 0.5) is 0 Å². The average molecular weight is 310 g/mol. The van der Waals surface area contributed by atoms with Crippen LogP contribution in [0.2, 0.25) is 0 Å². The molecule has 6 nitrogen and oxygen atoms in total. The highest BCUT2D eigenvalue weighted by molar-refractivity contribution is 5.95. The molecule has 0 aromatic rings. The van der Waals surface area contributed by atoms with Crippen molar-refractivity contribution in [3.05, 3.63) is 0 Å². The fraction of sp³-hybridized carbons (Fsp3) is 0.812. The van der Waals surface area contributed by atoms with E-state index >= 15 is 0 Å². The predicted molar refractivity (Wildman–Crippen MR) is 74.7 cm³/mol. The van der Waals surface area contributed by atoms with Gasteiger partial charge in [0.1, 0.15) is 12.0 Å². The molecule has 2 saturated heterocycles. The summed E-state index contributed by atoms with van der Waals surface area (Å²) in [5.74, 6) is -2.94. The van der Waals surface area contributed by atoms with Crippen LogP contribution in [0.1, 0.15) is 26.7 Å². The molecule has 2 aliphatic heterocycles. The molecular formula is C16H22O6. The molecule has 6 heteroatoms. The number of fused-ring (bicyclic) bond motifs is 4. The van der Waals surface area contributed by atoms with Crippen LogP contribution in [-0.4, -0.2) is 44.1 Å². The van der Waals surface area contributed by atoms with Crippen molar-refractivity contribution in [2.75, 3.05) is 14.2 Å². The molecule has 2 heterocycles. The van der Waals surface area contributed by atoms with Crippen molar-refractivity contribution < 1.29 is 28.6 Å². The summed E-state index contributed by atoms with van der Waals surface area (Å²) in [6.07, 6.45) is 0.263. The molecule has 0 spiro atoms. The van der Waals surface area contributed by atoms with Gasteiger partial charge in [-0.2, -0.15) is 0 Å². The topological polar surface area (TPSA) is 78.9 Å². The fourth-order valence-electron chi connectivity index (χ4n) is 4.64. The Bertz CT molecular complexity index is 525. The summed E-state index contributed by atoms with van der Waals surface area (Å²) in [6.45, 7) is 4.24. The first-order chi connectivity index (χ1) is 10.3. The number of Topliss-reactive ketones (excluding diaryl/α,β-unsaturated/α-hetero) is 1. The van der Waals surface area contributed by atoms with E-state index in [1.807, 2.05) is 0 Å². The molecule has 0 unspecified atom stereocenters. The molecule has 0 radical (unpaired) electrons. The predicted octanol–water partition coefficient (Wildman–Crippen LogP) is 0.967. The summed E-state index contributed by atoms with van der Waals surface area (Å²) < 4.78 is 15.5. The van der Waals surface area contributed by atoms with Gasteiger partial charge in [0.25, 0.3) is 0 Å². The Labute approximate surface area is 129 Å². The van der Waals surface area contributed by atoms with Gasteiger partial charge in [0.2, 0.25) is 0 Å². The first kappa shape index (κ1) is 15.5. The van der Waals surface area contributed by atoms with Crippen LogP contribution < -0.4 is 0 Å². The Hall–Kier alpha value is -1.43. The Morgan fingerprint density at radius 1 is 1.09 bits per heavy atom. The van der Waals surface area contributed by atoms with Gasteiger partial charge in [0.15, 0.2) is 5.78 Å². The number of carbonyl (C=O) groups is 3. The fourth-order valence-corrected chi connectivity index (χ4v) is 4.64. The van der Waals surface area contributed by atoms with Crippen molar-refractivity contribution in [1.82, 2.24) is 0 Å². The molecule has 0 N–H and O–H groups in total. The number of ether oxygens (including phenoxy) is 3. The quantitative estimate of drug-likeness (QED) is 0.707. The van der Waals surface area contributed by atoms with Crippen molar-refractivity contribution >= 4 is 17.7 Å². The van der Waals surface area contributed by atoms with Crippen molar-refractivity contribution in [1.29, 1.82) is 0 Å². The van der Waals surface area contributed by atoms with Gasteiger partial charge in [-0.1, -0.05) is 13.8 Å². The van der Waals surface area contributed by atoms with Gasteiger partial charge < -0.3 is 14.2 Å². The molecule has 3 aliphatic rings. The summed E-state index contributed by atoms with van der Waals surface area (Å²) >= 11 is 0. The van der Waals surface area contributed by atoms with Crippen molar-refractivity contribution in [2.24, 2.45) is 29.1 Å². The normalized spacial score (nSPS) is 41.9. The largest absolute Gasteiger partial charge is 0.469 e. The molecule has 3 fully saturated rings. The maximum Gasteiger partial charge on any atom is 0.312 e. The Balaban J connectivity index is 2.00. The molecular weight excluding hydrogens is 288 g/mol. The van der Waals surface area contributed by atoms with E-state index in [1.54, 1.807) is 0 Å². The minimum atomic E-state index is -0.885. The molecule has 0 aromatic carbocycles. The summed E-state index contributed by atoms with van der Waals surface area (Å²) in [6, 6.07) is 0. The number of hydrogen-bond donors (Lipinski definition) is 0. The molecule has 122 valence electrons. The van der Waals surface area contributed by atoms with Crippen molar-refractivity contribution in [3.8, 4) is 0 Å². The van der Waals surface area contributed by atoms with E-state index in [9.17, 15) is 14.4 Å². The molecule has 0 amide bonds.